The molecule has 0 aliphatic heterocycles. The first kappa shape index (κ1) is 14.4. The number of amides is 1. The summed E-state index contributed by atoms with van der Waals surface area (Å²) in [6.45, 7) is 1.94. The Kier molecular flexibility index (Phi) is 4.66. The molecule has 0 spiro atoms. The second-order valence-electron chi connectivity index (χ2n) is 5.04. The fourth-order valence-electron chi connectivity index (χ4n) is 2.42. The topological polar surface area (TPSA) is 47.6 Å². The number of hydrogen-bond acceptors (Lipinski definition) is 3. The highest BCUT2D eigenvalue weighted by molar-refractivity contribution is 5.92. The van der Waals surface area contributed by atoms with Crippen LogP contribution >= 0.6 is 0 Å². The third-order valence-corrected chi connectivity index (χ3v) is 3.56. The van der Waals surface area contributed by atoms with E-state index in [1.54, 1.807) is 20.3 Å². The van der Waals surface area contributed by atoms with Gasteiger partial charge in [0.05, 0.1) is 14.2 Å². The van der Waals surface area contributed by atoms with Gasteiger partial charge in [-0.25, -0.2) is 0 Å². The van der Waals surface area contributed by atoms with Crippen LogP contribution in [0, 0.1) is 12.8 Å². The third-order valence-electron chi connectivity index (χ3n) is 3.56. The highest BCUT2D eigenvalue weighted by atomic mass is 16.5. The van der Waals surface area contributed by atoms with E-state index >= 15 is 0 Å². The maximum atomic E-state index is 12.1. The van der Waals surface area contributed by atoms with Crippen molar-refractivity contribution in [1.82, 2.24) is 0 Å². The minimum Gasteiger partial charge on any atom is -0.493 e. The first-order valence-electron chi connectivity index (χ1n) is 6.83. The molecular weight excluding hydrogens is 254 g/mol. The van der Waals surface area contributed by atoms with Gasteiger partial charge in [-0.1, -0.05) is 12.2 Å². The zero-order chi connectivity index (χ0) is 14.5. The van der Waals surface area contributed by atoms with Crippen LogP contribution in [0.15, 0.2) is 24.3 Å². The summed E-state index contributed by atoms with van der Waals surface area (Å²) in [5.41, 5.74) is 1.73. The van der Waals surface area contributed by atoms with Gasteiger partial charge >= 0.3 is 0 Å². The molecule has 1 aliphatic rings. The van der Waals surface area contributed by atoms with Crippen molar-refractivity contribution in [3.05, 3.63) is 29.8 Å². The molecule has 0 bridgehead atoms. The molecule has 108 valence electrons. The van der Waals surface area contributed by atoms with Gasteiger partial charge in [-0.3, -0.25) is 4.79 Å². The van der Waals surface area contributed by atoms with E-state index in [1.807, 2.05) is 13.0 Å². The van der Waals surface area contributed by atoms with Gasteiger partial charge in [-0.05, 0) is 37.3 Å². The highest BCUT2D eigenvalue weighted by Crippen LogP contribution is 2.33. The summed E-state index contributed by atoms with van der Waals surface area (Å²) in [6.07, 6.45) is 6.94. The van der Waals surface area contributed by atoms with Gasteiger partial charge in [0, 0.05) is 18.2 Å². The van der Waals surface area contributed by atoms with Crippen molar-refractivity contribution < 1.29 is 14.3 Å². The van der Waals surface area contributed by atoms with Crippen molar-refractivity contribution in [3.63, 3.8) is 0 Å². The molecule has 1 aromatic carbocycles. The number of nitrogens with one attached hydrogen (secondary N) is 1. The fraction of sp³-hybridized carbons (Fsp3) is 0.438. The average molecular weight is 275 g/mol. The number of carbonyl (C=O) groups excluding carboxylic acids is 1. The summed E-state index contributed by atoms with van der Waals surface area (Å²) >= 11 is 0. The van der Waals surface area contributed by atoms with Crippen LogP contribution in [0.3, 0.4) is 0 Å². The second-order valence-corrected chi connectivity index (χ2v) is 5.04. The van der Waals surface area contributed by atoms with Crippen molar-refractivity contribution in [1.29, 1.82) is 0 Å². The van der Waals surface area contributed by atoms with Gasteiger partial charge < -0.3 is 14.8 Å². The third kappa shape index (κ3) is 3.32. The predicted octanol–water partition coefficient (Wildman–Crippen LogP) is 3.31. The lowest BCUT2D eigenvalue weighted by atomic mass is 10.0. The minimum atomic E-state index is 0.0388. The standard InChI is InChI=1S/C16H21NO3/c1-11-8-14(19-2)15(20-3)10-13(11)17-16(18)9-12-6-4-5-7-12/h4,6,8,10,12H,5,7,9H2,1-3H3,(H,17,18). The fourth-order valence-corrected chi connectivity index (χ4v) is 2.42. The highest BCUT2D eigenvalue weighted by Gasteiger charge is 2.16. The number of methoxy groups -OCH3 is 2. The molecule has 1 N–H and O–H groups in total. The summed E-state index contributed by atoms with van der Waals surface area (Å²) in [5, 5.41) is 2.95. The molecule has 0 heterocycles. The van der Waals surface area contributed by atoms with Gasteiger partial charge in [0.1, 0.15) is 0 Å². The Morgan fingerprint density at radius 1 is 1.30 bits per heavy atom. The maximum Gasteiger partial charge on any atom is 0.224 e. The Balaban J connectivity index is 2.08. The Morgan fingerprint density at radius 2 is 2.00 bits per heavy atom. The van der Waals surface area contributed by atoms with Crippen LogP contribution in [0.2, 0.25) is 0 Å². The van der Waals surface area contributed by atoms with E-state index in [1.165, 1.54) is 0 Å². The van der Waals surface area contributed by atoms with E-state index in [0.29, 0.717) is 23.8 Å². The Hall–Kier alpha value is -1.97. The number of hydrogen-bond donors (Lipinski definition) is 1. The van der Waals surface area contributed by atoms with Gasteiger partial charge in [0.2, 0.25) is 5.91 Å². The molecule has 1 atom stereocenters. The van der Waals surface area contributed by atoms with Crippen LogP contribution in [0.1, 0.15) is 24.8 Å². The molecule has 20 heavy (non-hydrogen) atoms. The van der Waals surface area contributed by atoms with E-state index in [4.69, 9.17) is 9.47 Å². The molecule has 0 fully saturated rings. The van der Waals surface area contributed by atoms with E-state index in [0.717, 1.165) is 24.1 Å². The molecule has 0 saturated carbocycles. The SMILES string of the molecule is COc1cc(C)c(NC(=O)CC2C=CCC2)cc1OC. The second kappa shape index (κ2) is 6.46. The van der Waals surface area contributed by atoms with Crippen LogP contribution in [-0.2, 0) is 4.79 Å². The van der Waals surface area contributed by atoms with Crippen molar-refractivity contribution in [3.8, 4) is 11.5 Å². The largest absolute Gasteiger partial charge is 0.493 e. The Morgan fingerprint density at radius 3 is 2.60 bits per heavy atom. The van der Waals surface area contributed by atoms with Crippen LogP contribution in [0.4, 0.5) is 5.69 Å². The monoisotopic (exact) mass is 275 g/mol. The lowest BCUT2D eigenvalue weighted by Crippen LogP contribution is -2.15. The van der Waals surface area contributed by atoms with Crippen molar-refractivity contribution >= 4 is 11.6 Å². The van der Waals surface area contributed by atoms with Gasteiger partial charge in [-0.2, -0.15) is 0 Å². The molecule has 1 amide bonds. The normalized spacial score (nSPS) is 17.1. The molecule has 1 unspecified atom stereocenters. The summed E-state index contributed by atoms with van der Waals surface area (Å²) in [7, 11) is 3.18. The number of benzene rings is 1. The van der Waals surface area contributed by atoms with E-state index < -0.39 is 0 Å². The Bertz CT molecular complexity index is 523. The van der Waals surface area contributed by atoms with Crippen LogP contribution in [0.5, 0.6) is 11.5 Å². The van der Waals surface area contributed by atoms with Gasteiger partial charge in [0.15, 0.2) is 11.5 Å². The number of ether oxygens (including phenoxy) is 2. The molecule has 0 aromatic heterocycles. The molecular formula is C16H21NO3. The minimum absolute atomic E-state index is 0.0388. The molecule has 4 nitrogen and oxygen atoms in total. The molecule has 0 radical (unpaired) electrons. The van der Waals surface area contributed by atoms with E-state index in [2.05, 4.69) is 17.5 Å². The number of carbonyl (C=O) groups is 1. The molecule has 2 rings (SSSR count). The first-order valence-corrected chi connectivity index (χ1v) is 6.83. The zero-order valence-corrected chi connectivity index (χ0v) is 12.2. The molecule has 1 aliphatic carbocycles. The number of anilines is 1. The average Bonchev–Trinajstić information content (AvgIpc) is 2.93. The Labute approximate surface area is 119 Å². The maximum absolute atomic E-state index is 12.1. The molecule has 4 heteroatoms. The smallest absolute Gasteiger partial charge is 0.224 e. The van der Waals surface area contributed by atoms with Crippen LogP contribution < -0.4 is 14.8 Å². The van der Waals surface area contributed by atoms with E-state index in [9.17, 15) is 4.79 Å². The quantitative estimate of drug-likeness (QED) is 0.839. The molecule has 1 aromatic rings. The summed E-state index contributed by atoms with van der Waals surface area (Å²) in [4.78, 5) is 12.1. The number of aryl methyl sites for hydroxylation is 1. The van der Waals surface area contributed by atoms with Gasteiger partial charge in [-0.15, -0.1) is 0 Å². The summed E-state index contributed by atoms with van der Waals surface area (Å²) in [5.74, 6) is 1.70. The van der Waals surface area contributed by atoms with Crippen molar-refractivity contribution in [2.75, 3.05) is 19.5 Å². The summed E-state index contributed by atoms with van der Waals surface area (Å²) < 4.78 is 10.5. The van der Waals surface area contributed by atoms with Gasteiger partial charge in [0.25, 0.3) is 0 Å². The van der Waals surface area contributed by atoms with E-state index in [-0.39, 0.29) is 5.91 Å². The molecule has 0 saturated heterocycles. The lowest BCUT2D eigenvalue weighted by molar-refractivity contribution is -0.116. The lowest BCUT2D eigenvalue weighted by Gasteiger charge is -2.14. The first-order chi connectivity index (χ1) is 9.63. The zero-order valence-electron chi connectivity index (χ0n) is 12.2. The predicted molar refractivity (Wildman–Crippen MR) is 79.4 cm³/mol. The number of rotatable bonds is 5. The summed E-state index contributed by atoms with van der Waals surface area (Å²) in [6, 6.07) is 3.67. The number of allylic oxidation sites excluding steroid dienone is 2. The van der Waals surface area contributed by atoms with Crippen molar-refractivity contribution in [2.45, 2.75) is 26.2 Å². The van der Waals surface area contributed by atoms with Crippen LogP contribution in [0.25, 0.3) is 0 Å². The van der Waals surface area contributed by atoms with Crippen molar-refractivity contribution in [2.24, 2.45) is 5.92 Å². The van der Waals surface area contributed by atoms with Crippen LogP contribution in [-0.4, -0.2) is 20.1 Å².